The number of hydrogen-bond acceptors (Lipinski definition) is 4. The molecule has 0 aromatic carbocycles. The van der Waals surface area contributed by atoms with Crippen molar-refractivity contribution in [2.24, 2.45) is 0 Å². The molecule has 0 amide bonds. The van der Waals surface area contributed by atoms with E-state index in [1.807, 2.05) is 0 Å². The minimum absolute atomic E-state index is 0.260. The summed E-state index contributed by atoms with van der Waals surface area (Å²) in [7, 11) is 4.34. The van der Waals surface area contributed by atoms with Gasteiger partial charge in [-0.1, -0.05) is 0 Å². The third-order valence-electron chi connectivity index (χ3n) is 4.51. The molecule has 2 aliphatic heterocycles. The molecule has 19 heavy (non-hydrogen) atoms. The van der Waals surface area contributed by atoms with Gasteiger partial charge in [0.1, 0.15) is 0 Å². The quantitative estimate of drug-likeness (QED) is 0.829. The van der Waals surface area contributed by atoms with E-state index in [1.54, 1.807) is 0 Å². The summed E-state index contributed by atoms with van der Waals surface area (Å²) in [4.78, 5) is 5.00. The number of likely N-dealkylation sites (N-methyl/N-ethyl adjacent to an activating group) is 1. The Bertz CT molecular complexity index is 275. The maximum absolute atomic E-state index is 5.87. The molecule has 2 aliphatic rings. The molecule has 0 saturated carbocycles. The Labute approximate surface area is 118 Å². The Morgan fingerprint density at radius 1 is 1.37 bits per heavy atom. The predicted octanol–water partition coefficient (Wildman–Crippen LogP) is 1.17. The highest BCUT2D eigenvalue weighted by molar-refractivity contribution is 4.93. The second kappa shape index (κ2) is 6.53. The Kier molecular flexibility index (Phi) is 5.23. The molecule has 0 aromatic heterocycles. The lowest BCUT2D eigenvalue weighted by Gasteiger charge is -2.43. The average molecular weight is 269 g/mol. The van der Waals surface area contributed by atoms with E-state index >= 15 is 0 Å². The monoisotopic (exact) mass is 269 g/mol. The van der Waals surface area contributed by atoms with Gasteiger partial charge in [-0.3, -0.25) is 4.90 Å². The Hall–Kier alpha value is -0.160. The molecule has 0 radical (unpaired) electrons. The van der Waals surface area contributed by atoms with E-state index in [0.717, 1.165) is 32.8 Å². The molecule has 2 fully saturated rings. The molecule has 1 N–H and O–H groups in total. The van der Waals surface area contributed by atoms with Crippen LogP contribution in [0.3, 0.4) is 0 Å². The van der Waals surface area contributed by atoms with Gasteiger partial charge in [0.15, 0.2) is 0 Å². The average Bonchev–Trinajstić information content (AvgIpc) is 2.78. The Balaban J connectivity index is 2.07. The molecule has 112 valence electrons. The van der Waals surface area contributed by atoms with Crippen LogP contribution in [0.2, 0.25) is 0 Å². The van der Waals surface area contributed by atoms with Crippen molar-refractivity contribution in [3.05, 3.63) is 0 Å². The molecule has 4 heteroatoms. The smallest absolute Gasteiger partial charge is 0.0703 e. The maximum Gasteiger partial charge on any atom is 0.0703 e. The van der Waals surface area contributed by atoms with Crippen LogP contribution in [0, 0.1) is 0 Å². The fraction of sp³-hybridized carbons (Fsp3) is 1.00. The van der Waals surface area contributed by atoms with Crippen molar-refractivity contribution >= 4 is 0 Å². The molecule has 0 aromatic rings. The molecule has 0 spiro atoms. The molecule has 2 unspecified atom stereocenters. The van der Waals surface area contributed by atoms with Crippen LogP contribution in [0.15, 0.2) is 0 Å². The van der Waals surface area contributed by atoms with Gasteiger partial charge in [-0.05, 0) is 53.8 Å². The van der Waals surface area contributed by atoms with E-state index in [9.17, 15) is 0 Å². The largest absolute Gasteiger partial charge is 0.377 e. The van der Waals surface area contributed by atoms with Gasteiger partial charge in [0, 0.05) is 37.8 Å². The van der Waals surface area contributed by atoms with Crippen molar-refractivity contribution in [2.45, 2.75) is 50.8 Å². The lowest BCUT2D eigenvalue weighted by atomic mass is 9.96. The molecular weight excluding hydrogens is 238 g/mol. The number of ether oxygens (including phenoxy) is 1. The normalized spacial score (nSPS) is 32.7. The lowest BCUT2D eigenvalue weighted by molar-refractivity contribution is 0.00403. The summed E-state index contributed by atoms with van der Waals surface area (Å²) < 4.78 is 5.87. The summed E-state index contributed by atoms with van der Waals surface area (Å²) in [6.07, 6.45) is 4.12. The van der Waals surface area contributed by atoms with Gasteiger partial charge in [0.2, 0.25) is 0 Å². The van der Waals surface area contributed by atoms with Crippen LogP contribution in [0.25, 0.3) is 0 Å². The first-order valence-corrected chi connectivity index (χ1v) is 7.73. The van der Waals surface area contributed by atoms with Crippen molar-refractivity contribution in [2.75, 3.05) is 46.9 Å². The van der Waals surface area contributed by atoms with Crippen molar-refractivity contribution in [1.29, 1.82) is 0 Å². The highest BCUT2D eigenvalue weighted by atomic mass is 16.5. The number of rotatable bonds is 4. The van der Waals surface area contributed by atoms with E-state index in [1.165, 1.54) is 19.3 Å². The number of nitrogens with zero attached hydrogens (tertiary/aromatic N) is 2. The molecule has 2 rings (SSSR count). The predicted molar refractivity (Wildman–Crippen MR) is 79.6 cm³/mol. The summed E-state index contributed by atoms with van der Waals surface area (Å²) >= 11 is 0. The fourth-order valence-electron chi connectivity index (χ4n) is 3.40. The summed E-state index contributed by atoms with van der Waals surface area (Å²) in [5.41, 5.74) is 0.260. The lowest BCUT2D eigenvalue weighted by Crippen LogP contribution is -2.56. The van der Waals surface area contributed by atoms with Crippen LogP contribution in [0.4, 0.5) is 0 Å². The number of nitrogens with one attached hydrogen (secondary N) is 1. The molecule has 4 nitrogen and oxygen atoms in total. The fourth-order valence-corrected chi connectivity index (χ4v) is 3.40. The van der Waals surface area contributed by atoms with Crippen LogP contribution in [-0.4, -0.2) is 74.4 Å². The highest BCUT2D eigenvalue weighted by Crippen LogP contribution is 2.26. The van der Waals surface area contributed by atoms with Gasteiger partial charge in [0.25, 0.3) is 0 Å². The summed E-state index contributed by atoms with van der Waals surface area (Å²) in [5, 5.41) is 3.60. The highest BCUT2D eigenvalue weighted by Gasteiger charge is 2.36. The van der Waals surface area contributed by atoms with Crippen LogP contribution in [0.5, 0.6) is 0 Å². The Morgan fingerprint density at radius 3 is 2.79 bits per heavy atom. The zero-order valence-corrected chi connectivity index (χ0v) is 13.1. The van der Waals surface area contributed by atoms with Crippen LogP contribution in [-0.2, 0) is 4.74 Å². The minimum Gasteiger partial charge on any atom is -0.377 e. The molecule has 2 saturated heterocycles. The van der Waals surface area contributed by atoms with E-state index in [0.29, 0.717) is 12.1 Å². The summed E-state index contributed by atoms with van der Waals surface area (Å²) in [6, 6.07) is 0.580. The standard InChI is InChI=1S/C15H31N3O/c1-15(2)7-8-16-10-13(11-17(3)4)18(15)12-14-6-5-9-19-14/h13-14,16H,5-12H2,1-4H3. The van der Waals surface area contributed by atoms with E-state index in [2.05, 4.69) is 43.1 Å². The van der Waals surface area contributed by atoms with Crippen molar-refractivity contribution in [3.63, 3.8) is 0 Å². The van der Waals surface area contributed by atoms with Crippen molar-refractivity contribution < 1.29 is 4.74 Å². The first-order chi connectivity index (χ1) is 8.99. The topological polar surface area (TPSA) is 27.7 Å². The van der Waals surface area contributed by atoms with E-state index in [-0.39, 0.29) is 5.54 Å². The first kappa shape index (κ1) is 15.2. The van der Waals surface area contributed by atoms with Gasteiger partial charge in [-0.25, -0.2) is 0 Å². The van der Waals surface area contributed by atoms with Gasteiger partial charge >= 0.3 is 0 Å². The summed E-state index contributed by atoms with van der Waals surface area (Å²) in [6.45, 7) is 10.1. The third kappa shape index (κ3) is 4.15. The molecule has 0 bridgehead atoms. The van der Waals surface area contributed by atoms with Crippen molar-refractivity contribution in [1.82, 2.24) is 15.1 Å². The maximum atomic E-state index is 5.87. The second-order valence-electron chi connectivity index (χ2n) is 6.97. The van der Waals surface area contributed by atoms with Gasteiger partial charge in [0.05, 0.1) is 6.10 Å². The molecule has 2 heterocycles. The molecule has 0 aliphatic carbocycles. The van der Waals surface area contributed by atoms with Crippen LogP contribution < -0.4 is 5.32 Å². The van der Waals surface area contributed by atoms with Crippen LogP contribution in [0.1, 0.15) is 33.1 Å². The minimum atomic E-state index is 0.260. The summed E-state index contributed by atoms with van der Waals surface area (Å²) in [5.74, 6) is 0. The number of hydrogen-bond donors (Lipinski definition) is 1. The van der Waals surface area contributed by atoms with Crippen LogP contribution >= 0.6 is 0 Å². The van der Waals surface area contributed by atoms with E-state index < -0.39 is 0 Å². The van der Waals surface area contributed by atoms with E-state index in [4.69, 9.17) is 4.74 Å². The third-order valence-corrected chi connectivity index (χ3v) is 4.51. The van der Waals surface area contributed by atoms with Gasteiger partial charge in [-0.2, -0.15) is 0 Å². The first-order valence-electron chi connectivity index (χ1n) is 7.73. The molecular formula is C15H31N3O. The van der Waals surface area contributed by atoms with Gasteiger partial charge < -0.3 is 15.0 Å². The Morgan fingerprint density at radius 2 is 2.16 bits per heavy atom. The zero-order valence-electron chi connectivity index (χ0n) is 13.1. The van der Waals surface area contributed by atoms with Gasteiger partial charge in [-0.15, -0.1) is 0 Å². The van der Waals surface area contributed by atoms with Crippen molar-refractivity contribution in [3.8, 4) is 0 Å². The SMILES string of the molecule is CN(C)CC1CNCCC(C)(C)N1CC1CCCO1. The second-order valence-corrected chi connectivity index (χ2v) is 6.97. The zero-order chi connectivity index (χ0) is 13.9. The molecule has 2 atom stereocenters.